The molecular weight excluding hydrogens is 422 g/mol. The first-order valence-electron chi connectivity index (χ1n) is 9.44. The van der Waals surface area contributed by atoms with Crippen molar-refractivity contribution in [3.63, 3.8) is 0 Å². The van der Waals surface area contributed by atoms with Crippen LogP contribution in [0.15, 0.2) is 34.8 Å². The van der Waals surface area contributed by atoms with Gasteiger partial charge in [-0.25, -0.2) is 0 Å². The maximum Gasteiger partial charge on any atom is 0.269 e. The maximum atomic E-state index is 12.4. The normalized spacial score (nSPS) is 15.4. The minimum absolute atomic E-state index is 0.132. The number of H-pyrrole nitrogens is 1. The van der Waals surface area contributed by atoms with Crippen LogP contribution in [0.3, 0.4) is 0 Å². The van der Waals surface area contributed by atoms with Crippen LogP contribution in [0.5, 0.6) is 0 Å². The topological polar surface area (TPSA) is 81.3 Å². The molecule has 3 rings (SSSR count). The van der Waals surface area contributed by atoms with Crippen LogP contribution < -0.4 is 5.32 Å². The van der Waals surface area contributed by atoms with Crippen LogP contribution in [0.2, 0.25) is 0 Å². The van der Waals surface area contributed by atoms with E-state index in [-0.39, 0.29) is 11.8 Å². The molecule has 8 heteroatoms. The molecule has 7 nitrogen and oxygen atoms in total. The first-order chi connectivity index (χ1) is 13.4. The molecule has 0 radical (unpaired) electrons. The van der Waals surface area contributed by atoms with Gasteiger partial charge in [-0.1, -0.05) is 28.1 Å². The van der Waals surface area contributed by atoms with Gasteiger partial charge in [0.2, 0.25) is 5.91 Å². The fourth-order valence-electron chi connectivity index (χ4n) is 3.22. The number of rotatable bonds is 6. The molecule has 2 heterocycles. The summed E-state index contributed by atoms with van der Waals surface area (Å²) in [6.07, 6.45) is 1.96. The molecule has 150 valence electrons. The predicted octanol–water partition coefficient (Wildman–Crippen LogP) is 2.37. The van der Waals surface area contributed by atoms with Gasteiger partial charge in [-0.05, 0) is 50.0 Å². The Morgan fingerprint density at radius 3 is 2.57 bits per heavy atom. The Balaban J connectivity index is 1.45. The van der Waals surface area contributed by atoms with E-state index < -0.39 is 0 Å². The summed E-state index contributed by atoms with van der Waals surface area (Å²) in [4.78, 5) is 28.0. The van der Waals surface area contributed by atoms with Crippen molar-refractivity contribution in [2.24, 2.45) is 5.92 Å². The number of nitrogens with zero attached hydrogens (tertiary/aromatic N) is 3. The Kier molecular flexibility index (Phi) is 6.85. The molecule has 0 aliphatic carbocycles. The summed E-state index contributed by atoms with van der Waals surface area (Å²) in [6, 6.07) is 9.58. The minimum Gasteiger partial charge on any atom is -0.350 e. The molecule has 0 bridgehead atoms. The van der Waals surface area contributed by atoms with Crippen molar-refractivity contribution in [3.05, 3.63) is 40.5 Å². The van der Waals surface area contributed by atoms with Crippen molar-refractivity contribution in [1.82, 2.24) is 25.3 Å². The fourth-order valence-corrected chi connectivity index (χ4v) is 3.48. The molecule has 0 atom stereocenters. The highest BCUT2D eigenvalue weighted by Crippen LogP contribution is 2.21. The average Bonchev–Trinajstić information content (AvgIpc) is 3.18. The summed E-state index contributed by atoms with van der Waals surface area (Å²) < 4.78 is 1.00. The van der Waals surface area contributed by atoms with Crippen molar-refractivity contribution in [2.75, 3.05) is 40.3 Å². The van der Waals surface area contributed by atoms with Crippen LogP contribution >= 0.6 is 15.9 Å². The van der Waals surface area contributed by atoms with E-state index in [1.807, 2.05) is 24.3 Å². The molecule has 2 amide bonds. The number of amides is 2. The van der Waals surface area contributed by atoms with Crippen molar-refractivity contribution in [2.45, 2.75) is 12.8 Å². The fraction of sp³-hybridized carbons (Fsp3) is 0.450. The van der Waals surface area contributed by atoms with Crippen molar-refractivity contribution in [1.29, 1.82) is 0 Å². The Labute approximate surface area is 173 Å². The highest BCUT2D eigenvalue weighted by Gasteiger charge is 2.22. The zero-order chi connectivity index (χ0) is 20.1. The number of hydrogen-bond acceptors (Lipinski definition) is 4. The van der Waals surface area contributed by atoms with Crippen molar-refractivity contribution < 1.29 is 9.59 Å². The van der Waals surface area contributed by atoms with Gasteiger partial charge >= 0.3 is 0 Å². The third kappa shape index (κ3) is 5.42. The summed E-state index contributed by atoms with van der Waals surface area (Å²) in [5.41, 5.74) is 2.17. The first kappa shape index (κ1) is 20.5. The summed E-state index contributed by atoms with van der Waals surface area (Å²) in [5, 5.41) is 10.1. The second kappa shape index (κ2) is 9.34. The van der Waals surface area contributed by atoms with Gasteiger partial charge in [-0.2, -0.15) is 5.10 Å². The molecule has 2 aromatic rings. The number of piperidine rings is 1. The number of likely N-dealkylation sites (tertiary alicyclic amines) is 1. The lowest BCUT2D eigenvalue weighted by Crippen LogP contribution is -2.43. The number of aromatic nitrogens is 2. The van der Waals surface area contributed by atoms with E-state index in [2.05, 4.69) is 36.3 Å². The van der Waals surface area contributed by atoms with E-state index in [0.29, 0.717) is 24.7 Å². The number of likely N-dealkylation sites (N-methyl/N-ethyl adjacent to an activating group) is 1. The molecule has 1 fully saturated rings. The van der Waals surface area contributed by atoms with Gasteiger partial charge in [0, 0.05) is 30.7 Å². The standard InChI is InChI=1S/C20H26BrN5O2/c1-25(2)19(27)13-26-9-7-14(8-10-26)12-22-20(28)18-11-17(23-24-18)15-3-5-16(21)6-4-15/h3-6,11,14H,7-10,12-13H2,1-2H3,(H,22,28)(H,23,24). The molecular formula is C20H26BrN5O2. The van der Waals surface area contributed by atoms with Crippen molar-refractivity contribution >= 4 is 27.7 Å². The molecule has 28 heavy (non-hydrogen) atoms. The van der Waals surface area contributed by atoms with Gasteiger partial charge < -0.3 is 10.2 Å². The molecule has 1 aromatic carbocycles. The van der Waals surface area contributed by atoms with Gasteiger partial charge in [-0.15, -0.1) is 0 Å². The second-order valence-corrected chi connectivity index (χ2v) is 8.31. The smallest absolute Gasteiger partial charge is 0.269 e. The van der Waals surface area contributed by atoms with Crippen molar-refractivity contribution in [3.8, 4) is 11.3 Å². The highest BCUT2D eigenvalue weighted by molar-refractivity contribution is 9.10. The van der Waals surface area contributed by atoms with Crippen LogP contribution in [0.4, 0.5) is 0 Å². The van der Waals surface area contributed by atoms with E-state index in [4.69, 9.17) is 0 Å². The van der Waals surface area contributed by atoms with Gasteiger partial charge in [0.15, 0.2) is 0 Å². The number of hydrogen-bond donors (Lipinski definition) is 2. The van der Waals surface area contributed by atoms with E-state index in [9.17, 15) is 9.59 Å². The monoisotopic (exact) mass is 447 g/mol. The van der Waals surface area contributed by atoms with E-state index >= 15 is 0 Å². The Morgan fingerprint density at radius 2 is 1.93 bits per heavy atom. The van der Waals surface area contributed by atoms with Gasteiger partial charge in [0.05, 0.1) is 12.2 Å². The third-order valence-electron chi connectivity index (χ3n) is 5.08. The largest absolute Gasteiger partial charge is 0.350 e. The number of carbonyl (C=O) groups excluding carboxylic acids is 2. The third-order valence-corrected chi connectivity index (χ3v) is 5.61. The molecule has 0 unspecified atom stereocenters. The predicted molar refractivity (Wildman–Crippen MR) is 112 cm³/mol. The zero-order valence-corrected chi connectivity index (χ0v) is 17.8. The Bertz CT molecular complexity index is 810. The summed E-state index contributed by atoms with van der Waals surface area (Å²) in [7, 11) is 3.56. The molecule has 2 N–H and O–H groups in total. The quantitative estimate of drug-likeness (QED) is 0.711. The number of aromatic amines is 1. The second-order valence-electron chi connectivity index (χ2n) is 7.39. The molecule has 0 saturated carbocycles. The highest BCUT2D eigenvalue weighted by atomic mass is 79.9. The molecule has 1 aliphatic rings. The lowest BCUT2D eigenvalue weighted by Gasteiger charge is -2.32. The van der Waals surface area contributed by atoms with E-state index in [1.54, 1.807) is 25.1 Å². The lowest BCUT2D eigenvalue weighted by molar-refractivity contribution is -0.130. The van der Waals surface area contributed by atoms with Crippen LogP contribution in [0.25, 0.3) is 11.3 Å². The number of nitrogens with one attached hydrogen (secondary N) is 2. The zero-order valence-electron chi connectivity index (χ0n) is 16.2. The summed E-state index contributed by atoms with van der Waals surface area (Å²) in [5.74, 6) is 0.428. The average molecular weight is 448 g/mol. The summed E-state index contributed by atoms with van der Waals surface area (Å²) in [6.45, 7) is 2.88. The Morgan fingerprint density at radius 1 is 1.25 bits per heavy atom. The first-order valence-corrected chi connectivity index (χ1v) is 10.2. The van der Waals surface area contributed by atoms with E-state index in [1.165, 1.54) is 0 Å². The van der Waals surface area contributed by atoms with Crippen LogP contribution in [0.1, 0.15) is 23.3 Å². The van der Waals surface area contributed by atoms with Gasteiger partial charge in [0.1, 0.15) is 5.69 Å². The lowest BCUT2D eigenvalue weighted by atomic mass is 9.96. The number of carbonyl (C=O) groups is 2. The van der Waals surface area contributed by atoms with Gasteiger partial charge in [0.25, 0.3) is 5.91 Å². The van der Waals surface area contributed by atoms with Crippen LogP contribution in [-0.2, 0) is 4.79 Å². The Hall–Kier alpha value is -2.19. The molecule has 1 saturated heterocycles. The molecule has 0 spiro atoms. The van der Waals surface area contributed by atoms with Gasteiger partial charge in [-0.3, -0.25) is 19.6 Å². The van der Waals surface area contributed by atoms with Crippen LogP contribution in [0, 0.1) is 5.92 Å². The van der Waals surface area contributed by atoms with E-state index in [0.717, 1.165) is 41.7 Å². The maximum absolute atomic E-state index is 12.4. The SMILES string of the molecule is CN(C)C(=O)CN1CCC(CNC(=O)c2cc(-c3ccc(Br)cc3)n[nH]2)CC1. The molecule has 1 aliphatic heterocycles. The molecule has 1 aromatic heterocycles. The number of benzene rings is 1. The van der Waals surface area contributed by atoms with Crippen LogP contribution in [-0.4, -0.2) is 72.1 Å². The summed E-state index contributed by atoms with van der Waals surface area (Å²) >= 11 is 3.41. The number of halogens is 1. The minimum atomic E-state index is -0.138.